The molecule has 1 aliphatic heterocycles. The number of hydrogen-bond acceptors (Lipinski definition) is 3. The predicted octanol–water partition coefficient (Wildman–Crippen LogP) is 3.64. The van der Waals surface area contributed by atoms with Crippen molar-refractivity contribution in [3.63, 3.8) is 0 Å². The van der Waals surface area contributed by atoms with Crippen molar-refractivity contribution in [2.75, 3.05) is 5.75 Å². The van der Waals surface area contributed by atoms with E-state index in [1.807, 2.05) is 30.3 Å². The van der Waals surface area contributed by atoms with Crippen molar-refractivity contribution in [1.82, 2.24) is 0 Å². The Bertz CT molecular complexity index is 578. The molecule has 3 rings (SSSR count). The van der Waals surface area contributed by atoms with Gasteiger partial charge in [-0.3, -0.25) is 0 Å². The summed E-state index contributed by atoms with van der Waals surface area (Å²) in [5.74, 6) is 0.746. The van der Waals surface area contributed by atoms with Crippen LogP contribution < -0.4 is 0 Å². The first kappa shape index (κ1) is 10.4. The monoisotopic (exact) mass is 241 g/mol. The van der Waals surface area contributed by atoms with E-state index < -0.39 is 0 Å². The van der Waals surface area contributed by atoms with Crippen LogP contribution in [0.5, 0.6) is 0 Å². The SMILES string of the molecule is O/N=C1/CSc2c1cccc2-c1ccccc1. The van der Waals surface area contributed by atoms with Gasteiger partial charge in [0.2, 0.25) is 0 Å². The maximum Gasteiger partial charge on any atom is 0.0981 e. The molecule has 1 N–H and O–H groups in total. The molecule has 1 aliphatic rings. The second kappa shape index (κ2) is 4.26. The number of oxime groups is 1. The zero-order valence-electron chi connectivity index (χ0n) is 9.13. The lowest BCUT2D eigenvalue weighted by molar-refractivity contribution is 0.319. The third-order valence-corrected chi connectivity index (χ3v) is 4.03. The van der Waals surface area contributed by atoms with Crippen molar-refractivity contribution in [3.8, 4) is 11.1 Å². The lowest BCUT2D eigenvalue weighted by Crippen LogP contribution is -1.97. The maximum absolute atomic E-state index is 8.95. The molecular formula is C14H11NOS. The normalized spacial score (nSPS) is 16.1. The van der Waals surface area contributed by atoms with Crippen LogP contribution in [-0.4, -0.2) is 16.7 Å². The fourth-order valence-corrected chi connectivity index (χ4v) is 3.24. The Morgan fingerprint density at radius 1 is 0.941 bits per heavy atom. The summed E-state index contributed by atoms with van der Waals surface area (Å²) in [6.07, 6.45) is 0. The third kappa shape index (κ3) is 1.72. The molecule has 3 heteroatoms. The van der Waals surface area contributed by atoms with E-state index in [4.69, 9.17) is 5.21 Å². The van der Waals surface area contributed by atoms with Crippen molar-refractivity contribution in [2.45, 2.75) is 4.90 Å². The Morgan fingerprint density at radius 3 is 2.47 bits per heavy atom. The summed E-state index contributed by atoms with van der Waals surface area (Å²) in [5.41, 5.74) is 4.24. The molecule has 0 aliphatic carbocycles. The number of hydrogen-bond donors (Lipinski definition) is 1. The Kier molecular flexibility index (Phi) is 2.61. The highest BCUT2D eigenvalue weighted by Gasteiger charge is 2.21. The molecule has 0 amide bonds. The Hall–Kier alpha value is -1.74. The average Bonchev–Trinajstić information content (AvgIpc) is 2.82. The number of thioether (sulfide) groups is 1. The number of rotatable bonds is 1. The molecule has 2 aromatic carbocycles. The van der Waals surface area contributed by atoms with Gasteiger partial charge in [0.1, 0.15) is 0 Å². The molecule has 84 valence electrons. The van der Waals surface area contributed by atoms with Gasteiger partial charge in [0.05, 0.1) is 5.71 Å². The summed E-state index contributed by atoms with van der Waals surface area (Å²) in [6, 6.07) is 16.4. The smallest absolute Gasteiger partial charge is 0.0981 e. The lowest BCUT2D eigenvalue weighted by atomic mass is 10.0. The van der Waals surface area contributed by atoms with Crippen LogP contribution in [0.3, 0.4) is 0 Å². The van der Waals surface area contributed by atoms with Crippen LogP contribution in [0.4, 0.5) is 0 Å². The van der Waals surface area contributed by atoms with E-state index in [0.717, 1.165) is 17.0 Å². The summed E-state index contributed by atoms with van der Waals surface area (Å²) in [5, 5.41) is 12.3. The second-order valence-electron chi connectivity index (χ2n) is 3.88. The Morgan fingerprint density at radius 2 is 1.71 bits per heavy atom. The minimum absolute atomic E-state index is 0.746. The van der Waals surface area contributed by atoms with Gasteiger partial charge >= 0.3 is 0 Å². The van der Waals surface area contributed by atoms with E-state index in [1.54, 1.807) is 11.8 Å². The highest BCUT2D eigenvalue weighted by molar-refractivity contribution is 8.00. The standard InChI is InChI=1S/C14H11NOS/c16-15-13-9-17-14-11(7-4-8-12(13)14)10-5-2-1-3-6-10/h1-8,16H,9H2/b15-13-. The quantitative estimate of drug-likeness (QED) is 0.610. The van der Waals surface area contributed by atoms with Gasteiger partial charge < -0.3 is 5.21 Å². The van der Waals surface area contributed by atoms with Gasteiger partial charge in [0, 0.05) is 16.2 Å². The van der Waals surface area contributed by atoms with E-state index in [0.29, 0.717) is 0 Å². The minimum Gasteiger partial charge on any atom is -0.411 e. The summed E-state index contributed by atoms with van der Waals surface area (Å²) in [7, 11) is 0. The largest absolute Gasteiger partial charge is 0.411 e. The van der Waals surface area contributed by atoms with Gasteiger partial charge in [0.25, 0.3) is 0 Å². The first-order valence-corrected chi connectivity index (χ1v) is 6.41. The molecule has 0 unspecified atom stereocenters. The third-order valence-electron chi connectivity index (χ3n) is 2.88. The molecule has 2 nitrogen and oxygen atoms in total. The maximum atomic E-state index is 8.95. The van der Waals surface area contributed by atoms with Crippen LogP contribution in [0.2, 0.25) is 0 Å². The molecule has 1 heterocycles. The fourth-order valence-electron chi connectivity index (χ4n) is 2.07. The molecule has 17 heavy (non-hydrogen) atoms. The second-order valence-corrected chi connectivity index (χ2v) is 4.87. The van der Waals surface area contributed by atoms with Gasteiger partial charge in [-0.05, 0) is 11.1 Å². The molecular weight excluding hydrogens is 230 g/mol. The molecule has 0 saturated heterocycles. The van der Waals surface area contributed by atoms with Gasteiger partial charge in [-0.2, -0.15) is 0 Å². The van der Waals surface area contributed by atoms with E-state index in [2.05, 4.69) is 23.4 Å². The van der Waals surface area contributed by atoms with Crippen molar-refractivity contribution < 1.29 is 5.21 Å². The first-order valence-electron chi connectivity index (χ1n) is 5.42. The van der Waals surface area contributed by atoms with Crippen LogP contribution in [0.15, 0.2) is 58.6 Å². The highest BCUT2D eigenvalue weighted by atomic mass is 32.2. The molecule has 0 fully saturated rings. The summed E-state index contributed by atoms with van der Waals surface area (Å²) >= 11 is 1.73. The zero-order valence-corrected chi connectivity index (χ0v) is 9.95. The van der Waals surface area contributed by atoms with Gasteiger partial charge in [-0.1, -0.05) is 53.7 Å². The van der Waals surface area contributed by atoms with Gasteiger partial charge in [-0.15, -0.1) is 11.8 Å². The first-order chi connectivity index (χ1) is 8.40. The molecule has 0 aromatic heterocycles. The number of fused-ring (bicyclic) bond motifs is 1. The molecule has 0 saturated carbocycles. The Balaban J connectivity index is 2.18. The average molecular weight is 241 g/mol. The van der Waals surface area contributed by atoms with Crippen LogP contribution in [-0.2, 0) is 0 Å². The predicted molar refractivity (Wildman–Crippen MR) is 70.9 cm³/mol. The molecule has 0 bridgehead atoms. The summed E-state index contributed by atoms with van der Waals surface area (Å²) in [6.45, 7) is 0. The van der Waals surface area contributed by atoms with Crippen molar-refractivity contribution in [2.24, 2.45) is 5.16 Å². The van der Waals surface area contributed by atoms with E-state index >= 15 is 0 Å². The highest BCUT2D eigenvalue weighted by Crippen LogP contribution is 2.39. The van der Waals surface area contributed by atoms with Crippen molar-refractivity contribution >= 4 is 17.5 Å². The van der Waals surface area contributed by atoms with Crippen LogP contribution in [0.25, 0.3) is 11.1 Å². The van der Waals surface area contributed by atoms with Gasteiger partial charge in [0.15, 0.2) is 0 Å². The topological polar surface area (TPSA) is 32.6 Å². The van der Waals surface area contributed by atoms with Crippen LogP contribution >= 0.6 is 11.8 Å². The van der Waals surface area contributed by atoms with Crippen LogP contribution in [0, 0.1) is 0 Å². The zero-order chi connectivity index (χ0) is 11.7. The minimum atomic E-state index is 0.746. The van der Waals surface area contributed by atoms with E-state index in [1.165, 1.54) is 16.0 Å². The van der Waals surface area contributed by atoms with E-state index in [-0.39, 0.29) is 0 Å². The molecule has 0 radical (unpaired) electrons. The summed E-state index contributed by atoms with van der Waals surface area (Å²) < 4.78 is 0. The van der Waals surface area contributed by atoms with Gasteiger partial charge in [-0.25, -0.2) is 0 Å². The van der Waals surface area contributed by atoms with E-state index in [9.17, 15) is 0 Å². The van der Waals surface area contributed by atoms with Crippen molar-refractivity contribution in [1.29, 1.82) is 0 Å². The molecule has 0 spiro atoms. The van der Waals surface area contributed by atoms with Crippen LogP contribution in [0.1, 0.15) is 5.56 Å². The molecule has 0 atom stereocenters. The molecule has 2 aromatic rings. The number of benzene rings is 2. The Labute approximate surface area is 104 Å². The lowest BCUT2D eigenvalue weighted by Gasteiger charge is -2.07. The fraction of sp³-hybridized carbons (Fsp3) is 0.0714. The van der Waals surface area contributed by atoms with Crippen molar-refractivity contribution in [3.05, 3.63) is 54.1 Å². The number of nitrogens with zero attached hydrogens (tertiary/aromatic N) is 1. The summed E-state index contributed by atoms with van der Waals surface area (Å²) in [4.78, 5) is 1.21.